The fraction of sp³-hybridized carbons (Fsp3) is 0.120. The van der Waals surface area contributed by atoms with Crippen molar-refractivity contribution in [3.63, 3.8) is 0 Å². The first-order valence-corrected chi connectivity index (χ1v) is 13.9. The number of benzene rings is 3. The number of halogens is 5. The Morgan fingerprint density at radius 3 is 1.61 bits per heavy atom. The number of fused-ring (bicyclic) bond motifs is 2. The molecule has 5 rings (SSSR count). The van der Waals surface area contributed by atoms with Crippen LogP contribution < -0.4 is 0 Å². The van der Waals surface area contributed by atoms with Gasteiger partial charge in [0.25, 0.3) is 10.1 Å². The second-order valence-corrected chi connectivity index (χ2v) is 11.7. The standard InChI is InChI=1S/C25H17Br2F3N2O3S/c1-36(33,34)35-24(14-2-4-15(5-3-14)25(28,29)30,20-12-31-22-8-6-16(26)10-18(20)22)21-13-32-23-9-7-17(27)11-19(21)23/h2-13,31-32H,1H3. The fourth-order valence-electron chi connectivity index (χ4n) is 4.48. The average Bonchev–Trinajstić information content (AvgIpc) is 3.40. The Kier molecular flexibility index (Phi) is 6.10. The van der Waals surface area contributed by atoms with E-state index in [0.29, 0.717) is 32.9 Å². The van der Waals surface area contributed by atoms with Crippen LogP contribution in [0.2, 0.25) is 0 Å². The Morgan fingerprint density at radius 2 is 1.19 bits per heavy atom. The normalized spacial score (nSPS) is 13.1. The second-order valence-electron chi connectivity index (χ2n) is 8.33. The molecule has 36 heavy (non-hydrogen) atoms. The fourth-order valence-corrected chi connectivity index (χ4v) is 5.94. The Bertz CT molecular complexity index is 1630. The van der Waals surface area contributed by atoms with Crippen molar-refractivity contribution in [3.8, 4) is 0 Å². The van der Waals surface area contributed by atoms with Gasteiger partial charge in [0.05, 0.1) is 11.8 Å². The molecule has 0 saturated heterocycles. The minimum atomic E-state index is -4.56. The molecular formula is C25H17Br2F3N2O3S. The molecule has 0 radical (unpaired) electrons. The number of hydrogen-bond acceptors (Lipinski definition) is 3. The molecule has 0 bridgehead atoms. The Labute approximate surface area is 221 Å². The lowest BCUT2D eigenvalue weighted by molar-refractivity contribution is -0.137. The van der Waals surface area contributed by atoms with Crippen molar-refractivity contribution < 1.29 is 25.8 Å². The predicted octanol–water partition coefficient (Wildman–Crippen LogP) is 7.46. The van der Waals surface area contributed by atoms with E-state index in [1.54, 1.807) is 24.5 Å². The van der Waals surface area contributed by atoms with E-state index in [2.05, 4.69) is 41.8 Å². The predicted molar refractivity (Wildman–Crippen MR) is 139 cm³/mol. The molecule has 0 aliphatic rings. The van der Waals surface area contributed by atoms with Gasteiger partial charge in [-0.1, -0.05) is 44.0 Å². The van der Waals surface area contributed by atoms with Crippen LogP contribution in [-0.2, 0) is 26.1 Å². The van der Waals surface area contributed by atoms with Crippen LogP contribution in [0, 0.1) is 0 Å². The number of nitrogens with one attached hydrogen (secondary N) is 2. The third-order valence-corrected chi connectivity index (χ3v) is 7.48. The number of aromatic nitrogens is 2. The van der Waals surface area contributed by atoms with Crippen LogP contribution in [-0.4, -0.2) is 24.6 Å². The average molecular weight is 642 g/mol. The van der Waals surface area contributed by atoms with Gasteiger partial charge in [0.2, 0.25) is 0 Å². The van der Waals surface area contributed by atoms with Gasteiger partial charge >= 0.3 is 6.18 Å². The molecule has 0 spiro atoms. The number of alkyl halides is 3. The van der Waals surface area contributed by atoms with E-state index in [1.807, 2.05) is 24.3 Å². The van der Waals surface area contributed by atoms with Gasteiger partial charge in [0, 0.05) is 54.3 Å². The smallest absolute Gasteiger partial charge is 0.361 e. The van der Waals surface area contributed by atoms with Crippen molar-refractivity contribution >= 4 is 63.8 Å². The summed E-state index contributed by atoms with van der Waals surface area (Å²) in [7, 11) is -4.15. The largest absolute Gasteiger partial charge is 0.416 e. The molecule has 3 aromatic carbocycles. The highest BCUT2D eigenvalue weighted by atomic mass is 79.9. The first-order valence-electron chi connectivity index (χ1n) is 10.5. The topological polar surface area (TPSA) is 75.0 Å². The molecule has 2 aromatic heterocycles. The van der Waals surface area contributed by atoms with Gasteiger partial charge in [0.15, 0.2) is 5.60 Å². The monoisotopic (exact) mass is 640 g/mol. The number of hydrogen-bond donors (Lipinski definition) is 2. The maximum Gasteiger partial charge on any atom is 0.416 e. The van der Waals surface area contributed by atoms with Crippen LogP contribution in [0.25, 0.3) is 21.8 Å². The van der Waals surface area contributed by atoms with Gasteiger partial charge in [-0.15, -0.1) is 0 Å². The summed E-state index contributed by atoms with van der Waals surface area (Å²) < 4.78 is 73.2. The van der Waals surface area contributed by atoms with Crippen LogP contribution >= 0.6 is 31.9 Å². The molecule has 0 unspecified atom stereocenters. The van der Waals surface area contributed by atoms with Crippen LogP contribution in [0.4, 0.5) is 13.2 Å². The summed E-state index contributed by atoms with van der Waals surface area (Å²) in [6.07, 6.45) is -0.398. The van der Waals surface area contributed by atoms with Crippen LogP contribution in [0.5, 0.6) is 0 Å². The number of rotatable bonds is 5. The third kappa shape index (κ3) is 4.38. The first-order chi connectivity index (χ1) is 16.9. The van der Waals surface area contributed by atoms with E-state index in [4.69, 9.17) is 4.18 Å². The van der Waals surface area contributed by atoms with Crippen molar-refractivity contribution in [2.24, 2.45) is 0 Å². The Morgan fingerprint density at radius 1 is 0.750 bits per heavy atom. The zero-order valence-electron chi connectivity index (χ0n) is 18.5. The molecular weight excluding hydrogens is 625 g/mol. The summed E-state index contributed by atoms with van der Waals surface area (Å²) in [5, 5.41) is 1.27. The quantitative estimate of drug-likeness (QED) is 0.196. The van der Waals surface area contributed by atoms with Crippen LogP contribution in [0.3, 0.4) is 0 Å². The lowest BCUT2D eigenvalue weighted by Gasteiger charge is -2.33. The second kappa shape index (κ2) is 8.76. The molecule has 5 nitrogen and oxygen atoms in total. The molecule has 0 fully saturated rings. The van der Waals surface area contributed by atoms with Crippen molar-refractivity contribution in [1.29, 1.82) is 0 Å². The highest BCUT2D eigenvalue weighted by molar-refractivity contribution is 9.10. The summed E-state index contributed by atoms with van der Waals surface area (Å²) in [6.45, 7) is 0. The highest BCUT2D eigenvalue weighted by Crippen LogP contribution is 2.48. The third-order valence-electron chi connectivity index (χ3n) is 5.94. The zero-order valence-corrected chi connectivity index (χ0v) is 22.4. The summed E-state index contributed by atoms with van der Waals surface area (Å²) in [5.41, 5.74) is -0.235. The molecule has 0 aliphatic carbocycles. The van der Waals surface area contributed by atoms with Gasteiger partial charge in [0.1, 0.15) is 0 Å². The van der Waals surface area contributed by atoms with E-state index in [0.717, 1.165) is 27.3 Å². The Hall–Kier alpha value is -2.60. The Balaban J connectivity index is 1.94. The molecule has 0 saturated carbocycles. The van der Waals surface area contributed by atoms with Gasteiger partial charge < -0.3 is 9.97 Å². The van der Waals surface area contributed by atoms with Crippen molar-refractivity contribution in [3.05, 3.63) is 104 Å². The van der Waals surface area contributed by atoms with Gasteiger partial charge in [-0.3, -0.25) is 0 Å². The lowest BCUT2D eigenvalue weighted by atomic mass is 9.80. The lowest BCUT2D eigenvalue weighted by Crippen LogP contribution is -2.35. The summed E-state index contributed by atoms with van der Waals surface area (Å²) >= 11 is 6.91. The van der Waals surface area contributed by atoms with E-state index in [-0.39, 0.29) is 5.56 Å². The van der Waals surface area contributed by atoms with Gasteiger partial charge in [-0.25, -0.2) is 4.18 Å². The minimum Gasteiger partial charge on any atom is -0.361 e. The van der Waals surface area contributed by atoms with E-state index in [9.17, 15) is 21.6 Å². The highest BCUT2D eigenvalue weighted by Gasteiger charge is 2.45. The molecule has 0 atom stereocenters. The molecule has 5 aromatic rings. The molecule has 2 N–H and O–H groups in total. The summed E-state index contributed by atoms with van der Waals surface area (Å²) in [4.78, 5) is 6.28. The zero-order chi connectivity index (χ0) is 25.9. The first kappa shape index (κ1) is 25.1. The van der Waals surface area contributed by atoms with Crippen LogP contribution in [0.1, 0.15) is 22.3 Å². The van der Waals surface area contributed by atoms with Crippen molar-refractivity contribution in [1.82, 2.24) is 9.97 Å². The van der Waals surface area contributed by atoms with Gasteiger partial charge in [-0.05, 0) is 54.1 Å². The minimum absolute atomic E-state index is 0.211. The van der Waals surface area contributed by atoms with Crippen LogP contribution in [0.15, 0.2) is 82.0 Å². The molecule has 0 amide bonds. The van der Waals surface area contributed by atoms with Crippen molar-refractivity contribution in [2.75, 3.05) is 6.26 Å². The maximum atomic E-state index is 13.4. The molecule has 186 valence electrons. The van der Waals surface area contributed by atoms with E-state index >= 15 is 0 Å². The van der Waals surface area contributed by atoms with E-state index in [1.165, 1.54) is 12.1 Å². The number of aromatic amines is 2. The molecule has 11 heteroatoms. The molecule has 0 aliphatic heterocycles. The van der Waals surface area contributed by atoms with Crippen molar-refractivity contribution in [2.45, 2.75) is 11.8 Å². The summed E-state index contributed by atoms with van der Waals surface area (Å²) in [6, 6.07) is 15.2. The maximum absolute atomic E-state index is 13.4. The SMILES string of the molecule is CS(=O)(=O)OC(c1ccc(C(F)(F)F)cc1)(c1c[nH]c2ccc(Br)cc12)c1c[nH]c2ccc(Br)cc12. The number of H-pyrrole nitrogens is 2. The van der Waals surface area contributed by atoms with E-state index < -0.39 is 27.5 Å². The van der Waals surface area contributed by atoms with Gasteiger partial charge in [-0.2, -0.15) is 21.6 Å². The summed E-state index contributed by atoms with van der Waals surface area (Å²) in [5.74, 6) is 0. The molecule has 2 heterocycles.